The van der Waals surface area contributed by atoms with Crippen molar-refractivity contribution in [3.8, 4) is 11.5 Å². The van der Waals surface area contributed by atoms with Gasteiger partial charge < -0.3 is 9.84 Å². The third kappa shape index (κ3) is 3.22. The summed E-state index contributed by atoms with van der Waals surface area (Å²) in [6.07, 6.45) is 2.72. The van der Waals surface area contributed by atoms with Gasteiger partial charge in [-0.15, -0.1) is 0 Å². The Labute approximate surface area is 119 Å². The SMILES string of the molecule is CCNC(C)C(CC)c1nc(-c2cc(C)ccn2)no1. The van der Waals surface area contributed by atoms with Crippen molar-refractivity contribution in [2.75, 3.05) is 6.54 Å². The van der Waals surface area contributed by atoms with Crippen molar-refractivity contribution in [3.05, 3.63) is 29.8 Å². The summed E-state index contributed by atoms with van der Waals surface area (Å²) in [4.78, 5) is 8.80. The van der Waals surface area contributed by atoms with Crippen molar-refractivity contribution in [2.45, 2.75) is 46.1 Å². The second kappa shape index (κ2) is 6.61. The van der Waals surface area contributed by atoms with Crippen LogP contribution in [0.2, 0.25) is 0 Å². The molecular weight excluding hydrogens is 252 g/mol. The lowest BCUT2D eigenvalue weighted by molar-refractivity contribution is 0.318. The van der Waals surface area contributed by atoms with Gasteiger partial charge in [-0.05, 0) is 44.5 Å². The molecule has 20 heavy (non-hydrogen) atoms. The van der Waals surface area contributed by atoms with Crippen LogP contribution in [-0.2, 0) is 0 Å². The molecular formula is C15H22N4O. The van der Waals surface area contributed by atoms with E-state index < -0.39 is 0 Å². The van der Waals surface area contributed by atoms with Crippen molar-refractivity contribution in [3.63, 3.8) is 0 Å². The Morgan fingerprint density at radius 1 is 1.35 bits per heavy atom. The Balaban J connectivity index is 2.23. The number of hydrogen-bond donors (Lipinski definition) is 1. The molecule has 2 unspecified atom stereocenters. The highest BCUT2D eigenvalue weighted by atomic mass is 16.5. The summed E-state index contributed by atoms with van der Waals surface area (Å²) in [5.74, 6) is 1.46. The highest BCUT2D eigenvalue weighted by Crippen LogP contribution is 2.24. The third-order valence-corrected chi connectivity index (χ3v) is 3.47. The summed E-state index contributed by atoms with van der Waals surface area (Å²) in [5, 5.41) is 7.47. The molecule has 0 aliphatic rings. The lowest BCUT2D eigenvalue weighted by Gasteiger charge is -2.19. The molecule has 5 nitrogen and oxygen atoms in total. The van der Waals surface area contributed by atoms with Gasteiger partial charge in [0.1, 0.15) is 5.69 Å². The molecule has 2 aromatic rings. The molecule has 2 heterocycles. The third-order valence-electron chi connectivity index (χ3n) is 3.47. The number of rotatable bonds is 6. The summed E-state index contributed by atoms with van der Waals surface area (Å²) in [6.45, 7) is 9.32. The van der Waals surface area contributed by atoms with Gasteiger partial charge in [0.15, 0.2) is 0 Å². The van der Waals surface area contributed by atoms with Gasteiger partial charge in [0.25, 0.3) is 0 Å². The van der Waals surface area contributed by atoms with Crippen LogP contribution >= 0.6 is 0 Å². The van der Waals surface area contributed by atoms with Crippen LogP contribution in [0.15, 0.2) is 22.9 Å². The average Bonchev–Trinajstić information content (AvgIpc) is 2.89. The van der Waals surface area contributed by atoms with Crippen molar-refractivity contribution in [1.82, 2.24) is 20.4 Å². The molecule has 2 atom stereocenters. The summed E-state index contributed by atoms with van der Waals surface area (Å²) in [6, 6.07) is 4.22. The predicted molar refractivity (Wildman–Crippen MR) is 78.4 cm³/mol. The number of pyridine rings is 1. The molecule has 0 aliphatic heterocycles. The van der Waals surface area contributed by atoms with Gasteiger partial charge in [0, 0.05) is 12.2 Å². The predicted octanol–water partition coefficient (Wildman–Crippen LogP) is 2.93. The maximum atomic E-state index is 5.44. The van der Waals surface area contributed by atoms with Crippen LogP contribution in [-0.4, -0.2) is 27.7 Å². The second-order valence-corrected chi connectivity index (χ2v) is 5.04. The zero-order valence-corrected chi connectivity index (χ0v) is 12.6. The summed E-state index contributed by atoms with van der Waals surface area (Å²) < 4.78 is 5.44. The fraction of sp³-hybridized carbons (Fsp3) is 0.533. The van der Waals surface area contributed by atoms with Crippen LogP contribution in [0.4, 0.5) is 0 Å². The van der Waals surface area contributed by atoms with Gasteiger partial charge in [-0.25, -0.2) is 0 Å². The second-order valence-electron chi connectivity index (χ2n) is 5.04. The summed E-state index contributed by atoms with van der Waals surface area (Å²) in [5.41, 5.74) is 1.89. The first-order valence-corrected chi connectivity index (χ1v) is 7.15. The zero-order valence-electron chi connectivity index (χ0n) is 12.6. The van der Waals surface area contributed by atoms with E-state index in [-0.39, 0.29) is 5.92 Å². The standard InChI is InChI=1S/C15H22N4O/c1-5-12(11(4)16-6-2)15-18-14(19-20-15)13-9-10(3)7-8-17-13/h7-9,11-12,16H,5-6H2,1-4H3. The van der Waals surface area contributed by atoms with E-state index in [1.165, 1.54) is 0 Å². The van der Waals surface area contributed by atoms with E-state index in [0.29, 0.717) is 17.8 Å². The first-order chi connectivity index (χ1) is 9.65. The lowest BCUT2D eigenvalue weighted by atomic mass is 9.98. The van der Waals surface area contributed by atoms with Crippen molar-refractivity contribution >= 4 is 0 Å². The van der Waals surface area contributed by atoms with Crippen LogP contribution in [0.5, 0.6) is 0 Å². The van der Waals surface area contributed by atoms with E-state index in [0.717, 1.165) is 24.2 Å². The zero-order chi connectivity index (χ0) is 14.5. The van der Waals surface area contributed by atoms with Gasteiger partial charge >= 0.3 is 0 Å². The number of nitrogens with zero attached hydrogens (tertiary/aromatic N) is 3. The molecule has 2 rings (SSSR count). The molecule has 0 aromatic carbocycles. The maximum Gasteiger partial charge on any atom is 0.231 e. The minimum Gasteiger partial charge on any atom is -0.339 e. The van der Waals surface area contributed by atoms with Crippen molar-refractivity contribution in [1.29, 1.82) is 0 Å². The highest BCUT2D eigenvalue weighted by Gasteiger charge is 2.23. The van der Waals surface area contributed by atoms with Gasteiger partial charge in [-0.3, -0.25) is 4.98 Å². The van der Waals surface area contributed by atoms with Crippen molar-refractivity contribution in [2.24, 2.45) is 0 Å². The number of hydrogen-bond acceptors (Lipinski definition) is 5. The lowest BCUT2D eigenvalue weighted by Crippen LogP contribution is -2.31. The number of nitrogens with one attached hydrogen (secondary N) is 1. The fourth-order valence-corrected chi connectivity index (χ4v) is 2.35. The van der Waals surface area contributed by atoms with Crippen molar-refractivity contribution < 1.29 is 4.52 Å². The summed E-state index contributed by atoms with van der Waals surface area (Å²) in [7, 11) is 0. The molecule has 0 aliphatic carbocycles. The first-order valence-electron chi connectivity index (χ1n) is 7.15. The van der Waals surface area contributed by atoms with Crippen LogP contribution in [0.3, 0.4) is 0 Å². The molecule has 2 aromatic heterocycles. The first kappa shape index (κ1) is 14.7. The Morgan fingerprint density at radius 2 is 2.15 bits per heavy atom. The van der Waals surface area contributed by atoms with Gasteiger partial charge in [0.2, 0.25) is 11.7 Å². The average molecular weight is 274 g/mol. The smallest absolute Gasteiger partial charge is 0.231 e. The van der Waals surface area contributed by atoms with E-state index in [1.807, 2.05) is 19.1 Å². The van der Waals surface area contributed by atoms with Crippen LogP contribution in [0.25, 0.3) is 11.5 Å². The monoisotopic (exact) mass is 274 g/mol. The van der Waals surface area contributed by atoms with E-state index in [1.54, 1.807) is 6.20 Å². The van der Waals surface area contributed by atoms with E-state index in [4.69, 9.17) is 4.52 Å². The molecule has 0 spiro atoms. The number of aromatic nitrogens is 3. The van der Waals surface area contributed by atoms with Crippen LogP contribution < -0.4 is 5.32 Å². The van der Waals surface area contributed by atoms with E-state index in [9.17, 15) is 0 Å². The minimum atomic E-state index is 0.223. The molecule has 5 heteroatoms. The highest BCUT2D eigenvalue weighted by molar-refractivity contribution is 5.49. The fourth-order valence-electron chi connectivity index (χ4n) is 2.35. The van der Waals surface area contributed by atoms with Crippen LogP contribution in [0.1, 0.15) is 44.6 Å². The molecule has 0 bridgehead atoms. The number of aryl methyl sites for hydroxylation is 1. The topological polar surface area (TPSA) is 63.8 Å². The maximum absolute atomic E-state index is 5.44. The quantitative estimate of drug-likeness (QED) is 0.877. The Kier molecular flexibility index (Phi) is 4.84. The van der Waals surface area contributed by atoms with Crippen LogP contribution in [0, 0.1) is 6.92 Å². The molecule has 108 valence electrons. The van der Waals surface area contributed by atoms with Gasteiger partial charge in [-0.2, -0.15) is 4.98 Å². The summed E-state index contributed by atoms with van der Waals surface area (Å²) >= 11 is 0. The minimum absolute atomic E-state index is 0.223. The Bertz CT molecular complexity index is 552. The number of likely N-dealkylation sites (N-methyl/N-ethyl adjacent to an activating group) is 1. The molecule has 0 saturated carbocycles. The molecule has 0 radical (unpaired) electrons. The molecule has 0 amide bonds. The largest absolute Gasteiger partial charge is 0.339 e. The molecule has 0 saturated heterocycles. The van der Waals surface area contributed by atoms with E-state index >= 15 is 0 Å². The van der Waals surface area contributed by atoms with Gasteiger partial charge in [0.05, 0.1) is 5.92 Å². The molecule has 0 fully saturated rings. The normalized spacial score (nSPS) is 14.2. The van der Waals surface area contributed by atoms with E-state index in [2.05, 4.69) is 41.2 Å². The van der Waals surface area contributed by atoms with Gasteiger partial charge in [-0.1, -0.05) is 19.0 Å². The molecule has 1 N–H and O–H groups in total. The Hall–Kier alpha value is -1.75. The Morgan fingerprint density at radius 3 is 2.80 bits per heavy atom.